The molecule has 1 aromatic heterocycles. The van der Waals surface area contributed by atoms with E-state index in [0.29, 0.717) is 18.3 Å². The Kier molecular flexibility index (Phi) is 2.73. The number of benzene rings is 1. The number of hydrogen-bond donors (Lipinski definition) is 1. The molecule has 4 rings (SSSR count). The topological polar surface area (TPSA) is 74.2 Å². The van der Waals surface area contributed by atoms with Gasteiger partial charge in [-0.2, -0.15) is 4.98 Å². The Labute approximate surface area is 117 Å². The quantitative estimate of drug-likeness (QED) is 0.924. The van der Waals surface area contributed by atoms with Crippen LogP contribution in [0.15, 0.2) is 22.7 Å². The molecular formula is C15H17N3O2. The fraction of sp³-hybridized carbons (Fsp3) is 0.467. The minimum atomic E-state index is 0.178. The molecular weight excluding hydrogens is 254 g/mol. The molecule has 20 heavy (non-hydrogen) atoms. The summed E-state index contributed by atoms with van der Waals surface area (Å²) in [5.74, 6) is 2.70. The van der Waals surface area contributed by atoms with Crippen LogP contribution < -0.4 is 10.5 Å². The lowest BCUT2D eigenvalue weighted by Gasteiger charge is -2.07. The highest BCUT2D eigenvalue weighted by Gasteiger charge is 2.29. The fourth-order valence-corrected chi connectivity index (χ4v) is 2.69. The summed E-state index contributed by atoms with van der Waals surface area (Å²) in [5, 5.41) is 3.95. The Bertz CT molecular complexity index is 634. The molecule has 5 heteroatoms. The molecule has 5 nitrogen and oxygen atoms in total. The number of aryl methyl sites for hydroxylation is 1. The van der Waals surface area contributed by atoms with Gasteiger partial charge in [0.05, 0.1) is 0 Å². The summed E-state index contributed by atoms with van der Waals surface area (Å²) < 4.78 is 10.9. The van der Waals surface area contributed by atoms with Crippen molar-refractivity contribution in [2.24, 2.45) is 5.73 Å². The van der Waals surface area contributed by atoms with E-state index in [1.54, 1.807) is 0 Å². The molecule has 1 atom stereocenters. The first-order valence-corrected chi connectivity index (χ1v) is 7.13. The van der Waals surface area contributed by atoms with Gasteiger partial charge in [0.2, 0.25) is 11.7 Å². The molecule has 2 aromatic rings. The number of hydrogen-bond acceptors (Lipinski definition) is 5. The zero-order valence-electron chi connectivity index (χ0n) is 11.2. The molecule has 2 aliphatic carbocycles. The molecule has 0 spiro atoms. The first-order chi connectivity index (χ1) is 9.79. The van der Waals surface area contributed by atoms with Crippen LogP contribution in [0.2, 0.25) is 0 Å². The summed E-state index contributed by atoms with van der Waals surface area (Å²) >= 11 is 0. The van der Waals surface area contributed by atoms with Gasteiger partial charge in [-0.05, 0) is 48.9 Å². The average Bonchev–Trinajstić information content (AvgIpc) is 3.10. The zero-order chi connectivity index (χ0) is 13.5. The van der Waals surface area contributed by atoms with Gasteiger partial charge in [0.15, 0.2) is 6.61 Å². The first-order valence-electron chi connectivity index (χ1n) is 7.13. The predicted octanol–water partition coefficient (Wildman–Crippen LogP) is 2.47. The van der Waals surface area contributed by atoms with E-state index in [4.69, 9.17) is 15.0 Å². The van der Waals surface area contributed by atoms with Crippen LogP contribution in [0, 0.1) is 0 Å². The van der Waals surface area contributed by atoms with Gasteiger partial charge in [-0.15, -0.1) is 0 Å². The molecule has 1 aromatic carbocycles. The molecule has 1 saturated carbocycles. The zero-order valence-corrected chi connectivity index (χ0v) is 11.2. The summed E-state index contributed by atoms with van der Waals surface area (Å²) in [7, 11) is 0. The molecule has 0 saturated heterocycles. The molecule has 0 aliphatic heterocycles. The van der Waals surface area contributed by atoms with Crippen LogP contribution in [-0.2, 0) is 13.0 Å². The second kappa shape index (κ2) is 4.59. The number of fused-ring (bicyclic) bond motifs is 1. The standard InChI is InChI=1S/C15H17N3O2/c16-13-6-3-10-7-11(4-5-12(10)13)19-8-14-17-15(20-18-14)9-1-2-9/h4-5,7,9,13H,1-3,6,8,16H2. The third-order valence-electron chi connectivity index (χ3n) is 4.02. The van der Waals surface area contributed by atoms with Gasteiger partial charge in [0.1, 0.15) is 5.75 Å². The van der Waals surface area contributed by atoms with Crippen LogP contribution in [0.4, 0.5) is 0 Å². The third kappa shape index (κ3) is 2.18. The van der Waals surface area contributed by atoms with Crippen molar-refractivity contribution in [3.8, 4) is 5.75 Å². The Balaban J connectivity index is 1.43. The maximum Gasteiger partial charge on any atom is 0.229 e. The van der Waals surface area contributed by atoms with Gasteiger partial charge in [0.25, 0.3) is 0 Å². The Morgan fingerprint density at radius 3 is 3.05 bits per heavy atom. The van der Waals surface area contributed by atoms with Gasteiger partial charge in [0, 0.05) is 12.0 Å². The van der Waals surface area contributed by atoms with Crippen molar-refractivity contribution in [3.63, 3.8) is 0 Å². The molecule has 2 N–H and O–H groups in total. The molecule has 1 heterocycles. The van der Waals surface area contributed by atoms with E-state index in [1.807, 2.05) is 6.07 Å². The number of rotatable bonds is 4. The average molecular weight is 271 g/mol. The van der Waals surface area contributed by atoms with Gasteiger partial charge in [-0.3, -0.25) is 0 Å². The van der Waals surface area contributed by atoms with Crippen LogP contribution in [0.5, 0.6) is 5.75 Å². The summed E-state index contributed by atoms with van der Waals surface area (Å²) in [4.78, 5) is 4.35. The Morgan fingerprint density at radius 1 is 1.30 bits per heavy atom. The summed E-state index contributed by atoms with van der Waals surface area (Å²) in [6.07, 6.45) is 4.37. The lowest BCUT2D eigenvalue weighted by Crippen LogP contribution is -2.05. The number of nitrogens with two attached hydrogens (primary N) is 1. The van der Waals surface area contributed by atoms with Crippen LogP contribution in [0.25, 0.3) is 0 Å². The van der Waals surface area contributed by atoms with Crippen LogP contribution in [0.3, 0.4) is 0 Å². The largest absolute Gasteiger partial charge is 0.485 e. The van der Waals surface area contributed by atoms with Crippen molar-refractivity contribution in [2.45, 2.75) is 44.2 Å². The second-order valence-electron chi connectivity index (χ2n) is 5.62. The van der Waals surface area contributed by atoms with Crippen molar-refractivity contribution in [1.82, 2.24) is 10.1 Å². The highest BCUT2D eigenvalue weighted by molar-refractivity contribution is 5.40. The smallest absolute Gasteiger partial charge is 0.229 e. The SMILES string of the molecule is NC1CCc2cc(OCc3noc(C4CC4)n3)ccc21. The molecule has 2 aliphatic rings. The van der Waals surface area contributed by atoms with Crippen LogP contribution in [0.1, 0.15) is 54.1 Å². The van der Waals surface area contributed by atoms with Crippen molar-refractivity contribution in [3.05, 3.63) is 41.0 Å². The van der Waals surface area contributed by atoms with E-state index in [0.717, 1.165) is 37.3 Å². The van der Waals surface area contributed by atoms with E-state index in [9.17, 15) is 0 Å². The second-order valence-corrected chi connectivity index (χ2v) is 5.62. The van der Waals surface area contributed by atoms with E-state index in [2.05, 4.69) is 22.3 Å². The molecule has 1 fully saturated rings. The maximum absolute atomic E-state index is 6.03. The van der Waals surface area contributed by atoms with Crippen LogP contribution in [-0.4, -0.2) is 10.1 Å². The summed E-state index contributed by atoms with van der Waals surface area (Å²) in [6.45, 7) is 0.348. The lowest BCUT2D eigenvalue weighted by molar-refractivity contribution is 0.285. The van der Waals surface area contributed by atoms with Crippen LogP contribution >= 0.6 is 0 Å². The van der Waals surface area contributed by atoms with Gasteiger partial charge >= 0.3 is 0 Å². The van der Waals surface area contributed by atoms with Crippen molar-refractivity contribution >= 4 is 0 Å². The van der Waals surface area contributed by atoms with Crippen molar-refractivity contribution in [1.29, 1.82) is 0 Å². The van der Waals surface area contributed by atoms with Crippen molar-refractivity contribution in [2.75, 3.05) is 0 Å². The maximum atomic E-state index is 6.03. The Morgan fingerprint density at radius 2 is 2.20 bits per heavy atom. The highest BCUT2D eigenvalue weighted by Crippen LogP contribution is 2.38. The van der Waals surface area contributed by atoms with Crippen molar-refractivity contribution < 1.29 is 9.26 Å². The number of ether oxygens (including phenoxy) is 1. The summed E-state index contributed by atoms with van der Waals surface area (Å²) in [5.41, 5.74) is 8.56. The minimum Gasteiger partial charge on any atom is -0.485 e. The lowest BCUT2D eigenvalue weighted by atomic mass is 10.1. The van der Waals surface area contributed by atoms with Gasteiger partial charge in [-0.25, -0.2) is 0 Å². The molecule has 0 bridgehead atoms. The highest BCUT2D eigenvalue weighted by atomic mass is 16.5. The molecule has 104 valence electrons. The van der Waals surface area contributed by atoms with E-state index in [-0.39, 0.29) is 6.04 Å². The van der Waals surface area contributed by atoms with Gasteiger partial charge < -0.3 is 15.0 Å². The van der Waals surface area contributed by atoms with E-state index >= 15 is 0 Å². The normalized spacial score (nSPS) is 20.9. The van der Waals surface area contributed by atoms with Gasteiger partial charge in [-0.1, -0.05) is 11.2 Å². The minimum absolute atomic E-state index is 0.178. The molecule has 0 radical (unpaired) electrons. The van der Waals surface area contributed by atoms with E-state index in [1.165, 1.54) is 11.1 Å². The first kappa shape index (κ1) is 11.9. The third-order valence-corrected chi connectivity index (χ3v) is 4.02. The van der Waals surface area contributed by atoms with E-state index < -0.39 is 0 Å². The molecule has 1 unspecified atom stereocenters. The summed E-state index contributed by atoms with van der Waals surface area (Å²) in [6, 6.07) is 6.28. The number of aromatic nitrogens is 2. The predicted molar refractivity (Wildman–Crippen MR) is 72.3 cm³/mol. The Hall–Kier alpha value is -1.88. The number of nitrogens with zero attached hydrogens (tertiary/aromatic N) is 2. The monoisotopic (exact) mass is 271 g/mol. The molecule has 0 amide bonds. The fourth-order valence-electron chi connectivity index (χ4n) is 2.69.